The van der Waals surface area contributed by atoms with Crippen LogP contribution < -0.4 is 11.1 Å². The van der Waals surface area contributed by atoms with Gasteiger partial charge < -0.3 is 16.2 Å². The Bertz CT molecular complexity index is 433. The molecule has 5 nitrogen and oxygen atoms in total. The molecule has 0 aliphatic carbocycles. The summed E-state index contributed by atoms with van der Waals surface area (Å²) in [5.74, 6) is 0.764. The molecule has 1 atom stereocenters. The van der Waals surface area contributed by atoms with E-state index in [0.29, 0.717) is 11.1 Å². The highest BCUT2D eigenvalue weighted by molar-refractivity contribution is 7.99. The minimum atomic E-state index is -1.02. The van der Waals surface area contributed by atoms with E-state index in [0.717, 1.165) is 6.54 Å². The first kappa shape index (κ1) is 13.0. The number of rotatable bonds is 4. The fourth-order valence-electron chi connectivity index (χ4n) is 1.93. The summed E-state index contributed by atoms with van der Waals surface area (Å²) in [4.78, 5) is 15.0. The Hall–Kier alpha value is -1.43. The molecule has 1 aliphatic heterocycles. The van der Waals surface area contributed by atoms with Gasteiger partial charge in [-0.15, -0.1) is 0 Å². The van der Waals surface area contributed by atoms with E-state index >= 15 is 0 Å². The normalized spacial score (nSPS) is 19.4. The molecule has 0 radical (unpaired) electrons. The molecule has 98 valence electrons. The van der Waals surface area contributed by atoms with E-state index in [1.165, 1.54) is 37.3 Å². The monoisotopic (exact) mass is 267 g/mol. The first-order valence-corrected chi connectivity index (χ1v) is 7.06. The predicted molar refractivity (Wildman–Crippen MR) is 74.2 cm³/mol. The van der Waals surface area contributed by atoms with E-state index in [4.69, 9.17) is 10.8 Å². The van der Waals surface area contributed by atoms with E-state index in [2.05, 4.69) is 10.3 Å². The van der Waals surface area contributed by atoms with E-state index in [1.807, 2.05) is 11.8 Å². The van der Waals surface area contributed by atoms with Crippen LogP contribution in [0.1, 0.15) is 29.6 Å². The van der Waals surface area contributed by atoms with E-state index < -0.39 is 5.97 Å². The van der Waals surface area contributed by atoms with Crippen molar-refractivity contribution in [3.8, 4) is 0 Å². The molecule has 0 saturated carbocycles. The first-order chi connectivity index (χ1) is 8.66. The number of hydrogen-bond donors (Lipinski definition) is 3. The second kappa shape index (κ2) is 5.95. The maximum absolute atomic E-state index is 10.9. The molecule has 2 rings (SSSR count). The third-order valence-electron chi connectivity index (χ3n) is 2.95. The van der Waals surface area contributed by atoms with Gasteiger partial charge in [0.2, 0.25) is 0 Å². The number of nitrogens with two attached hydrogens (primary N) is 1. The number of hydrogen-bond acceptors (Lipinski definition) is 5. The molecule has 1 unspecified atom stereocenters. The van der Waals surface area contributed by atoms with Crippen molar-refractivity contribution in [1.82, 2.24) is 4.98 Å². The van der Waals surface area contributed by atoms with Gasteiger partial charge in [0.05, 0.1) is 17.4 Å². The maximum atomic E-state index is 10.9. The fourth-order valence-corrected chi connectivity index (χ4v) is 3.17. The maximum Gasteiger partial charge on any atom is 0.337 e. The van der Waals surface area contributed by atoms with Gasteiger partial charge in [0.25, 0.3) is 0 Å². The zero-order valence-electron chi connectivity index (χ0n) is 10.1. The zero-order valence-corrected chi connectivity index (χ0v) is 10.9. The average Bonchev–Trinajstić information content (AvgIpc) is 2.38. The molecule has 0 aromatic carbocycles. The number of thioether (sulfide) groups is 1. The number of nitrogens with one attached hydrogen (secondary N) is 1. The highest BCUT2D eigenvalue weighted by atomic mass is 32.2. The molecule has 1 saturated heterocycles. The smallest absolute Gasteiger partial charge is 0.337 e. The van der Waals surface area contributed by atoms with Crippen molar-refractivity contribution < 1.29 is 9.90 Å². The molecule has 0 amide bonds. The summed E-state index contributed by atoms with van der Waals surface area (Å²) < 4.78 is 0. The van der Waals surface area contributed by atoms with Crippen molar-refractivity contribution in [3.63, 3.8) is 0 Å². The molecular formula is C12H17N3O2S. The third kappa shape index (κ3) is 3.29. The Morgan fingerprint density at radius 1 is 1.61 bits per heavy atom. The molecule has 6 heteroatoms. The van der Waals surface area contributed by atoms with Gasteiger partial charge in [-0.05, 0) is 24.7 Å². The Kier molecular flexibility index (Phi) is 4.30. The fraction of sp³-hybridized carbons (Fsp3) is 0.500. The molecule has 0 spiro atoms. The number of nitrogens with zero attached hydrogens (tertiary/aromatic N) is 1. The molecule has 4 N–H and O–H groups in total. The molecule has 0 bridgehead atoms. The van der Waals surface area contributed by atoms with Crippen molar-refractivity contribution in [2.75, 3.05) is 23.3 Å². The van der Waals surface area contributed by atoms with Gasteiger partial charge in [0.15, 0.2) is 0 Å². The number of aromatic nitrogens is 1. The van der Waals surface area contributed by atoms with Crippen LogP contribution in [0.4, 0.5) is 11.5 Å². The highest BCUT2D eigenvalue weighted by Gasteiger charge is 2.14. The number of nitrogen functional groups attached to an aromatic ring is 1. The molecular weight excluding hydrogens is 250 g/mol. The van der Waals surface area contributed by atoms with Crippen LogP contribution in [-0.4, -0.2) is 33.6 Å². The number of carboxylic acids is 1. The molecule has 2 heterocycles. The standard InChI is InChI=1S/C12H17N3O2S/c13-10-7-15-11(5-9(10)12(16)17)14-6-8-3-1-2-4-18-8/h5,7-8H,1-4,6,13H2,(H,14,15)(H,16,17). The quantitative estimate of drug-likeness (QED) is 0.774. The SMILES string of the molecule is Nc1cnc(NCC2CCCCS2)cc1C(=O)O. The second-order valence-electron chi connectivity index (χ2n) is 4.33. The number of carboxylic acid groups (broad SMARTS) is 1. The van der Waals surface area contributed by atoms with Crippen LogP contribution >= 0.6 is 11.8 Å². The Balaban J connectivity index is 1.96. The minimum Gasteiger partial charge on any atom is -0.478 e. The number of anilines is 2. The van der Waals surface area contributed by atoms with Crippen molar-refractivity contribution in [2.45, 2.75) is 24.5 Å². The topological polar surface area (TPSA) is 88.2 Å². The van der Waals surface area contributed by atoms with Crippen LogP contribution in [0.3, 0.4) is 0 Å². The minimum absolute atomic E-state index is 0.101. The summed E-state index contributed by atoms with van der Waals surface area (Å²) in [5, 5.41) is 12.7. The third-order valence-corrected chi connectivity index (χ3v) is 4.35. The zero-order chi connectivity index (χ0) is 13.0. The van der Waals surface area contributed by atoms with Crippen molar-refractivity contribution in [1.29, 1.82) is 0 Å². The van der Waals surface area contributed by atoms with Crippen LogP contribution in [0, 0.1) is 0 Å². The van der Waals surface area contributed by atoms with Gasteiger partial charge in [-0.2, -0.15) is 11.8 Å². The Labute approximate surface area is 110 Å². The molecule has 1 aromatic heterocycles. The van der Waals surface area contributed by atoms with Gasteiger partial charge in [-0.25, -0.2) is 9.78 Å². The van der Waals surface area contributed by atoms with E-state index in [-0.39, 0.29) is 11.3 Å². The number of aromatic carboxylic acids is 1. The molecule has 1 aromatic rings. The second-order valence-corrected chi connectivity index (χ2v) is 5.74. The van der Waals surface area contributed by atoms with Crippen LogP contribution in [0.25, 0.3) is 0 Å². The molecule has 1 fully saturated rings. The van der Waals surface area contributed by atoms with Gasteiger partial charge in [0.1, 0.15) is 5.82 Å². The van der Waals surface area contributed by atoms with Gasteiger partial charge in [-0.3, -0.25) is 0 Å². The Morgan fingerprint density at radius 3 is 3.11 bits per heavy atom. The lowest BCUT2D eigenvalue weighted by atomic mass is 10.2. The summed E-state index contributed by atoms with van der Waals surface area (Å²) in [6.07, 6.45) is 5.16. The lowest BCUT2D eigenvalue weighted by molar-refractivity contribution is 0.0698. The summed E-state index contributed by atoms with van der Waals surface area (Å²) in [7, 11) is 0. The summed E-state index contributed by atoms with van der Waals surface area (Å²) >= 11 is 1.96. The van der Waals surface area contributed by atoms with Gasteiger partial charge in [-0.1, -0.05) is 6.42 Å². The van der Waals surface area contributed by atoms with Crippen LogP contribution in [0.15, 0.2) is 12.3 Å². The highest BCUT2D eigenvalue weighted by Crippen LogP contribution is 2.25. The van der Waals surface area contributed by atoms with Crippen molar-refractivity contribution >= 4 is 29.2 Å². The molecule has 18 heavy (non-hydrogen) atoms. The largest absolute Gasteiger partial charge is 0.478 e. The van der Waals surface area contributed by atoms with Crippen LogP contribution in [-0.2, 0) is 0 Å². The van der Waals surface area contributed by atoms with Crippen molar-refractivity contribution in [2.24, 2.45) is 0 Å². The number of pyridine rings is 1. The van der Waals surface area contributed by atoms with Gasteiger partial charge in [0, 0.05) is 11.8 Å². The van der Waals surface area contributed by atoms with Crippen LogP contribution in [0.5, 0.6) is 0 Å². The van der Waals surface area contributed by atoms with Gasteiger partial charge >= 0.3 is 5.97 Å². The summed E-state index contributed by atoms with van der Waals surface area (Å²) in [6.45, 7) is 0.820. The summed E-state index contributed by atoms with van der Waals surface area (Å²) in [6, 6.07) is 1.49. The average molecular weight is 267 g/mol. The van der Waals surface area contributed by atoms with E-state index in [9.17, 15) is 4.79 Å². The summed E-state index contributed by atoms with van der Waals surface area (Å²) in [5.41, 5.74) is 5.85. The number of carbonyl (C=O) groups is 1. The van der Waals surface area contributed by atoms with Crippen LogP contribution in [0.2, 0.25) is 0 Å². The predicted octanol–water partition coefficient (Wildman–Crippen LogP) is 2.06. The lowest BCUT2D eigenvalue weighted by Gasteiger charge is -2.21. The Morgan fingerprint density at radius 2 is 2.44 bits per heavy atom. The first-order valence-electron chi connectivity index (χ1n) is 6.01. The van der Waals surface area contributed by atoms with E-state index in [1.54, 1.807) is 0 Å². The molecule has 1 aliphatic rings. The van der Waals surface area contributed by atoms with Crippen molar-refractivity contribution in [3.05, 3.63) is 17.8 Å². The lowest BCUT2D eigenvalue weighted by Crippen LogP contribution is -2.20.